The van der Waals surface area contributed by atoms with Gasteiger partial charge in [-0.3, -0.25) is 0 Å². The van der Waals surface area contributed by atoms with Gasteiger partial charge in [0, 0.05) is 10.0 Å². The Bertz CT molecular complexity index is 331. The van der Waals surface area contributed by atoms with Crippen LogP contribution in [0, 0.1) is 0 Å². The van der Waals surface area contributed by atoms with Gasteiger partial charge in [0.25, 0.3) is 0 Å². The fourth-order valence-corrected chi connectivity index (χ4v) is 2.71. The van der Waals surface area contributed by atoms with Crippen LogP contribution >= 0.6 is 15.9 Å². The number of hydrogen-bond donors (Lipinski definition) is 0. The van der Waals surface area contributed by atoms with E-state index < -0.39 is 0 Å². The lowest BCUT2D eigenvalue weighted by molar-refractivity contribution is 0.233. The van der Waals surface area contributed by atoms with Crippen LogP contribution in [0.3, 0.4) is 0 Å². The molecule has 0 bridgehead atoms. The van der Waals surface area contributed by atoms with Crippen LogP contribution in [-0.2, 0) is 5.41 Å². The van der Waals surface area contributed by atoms with Crippen molar-refractivity contribution in [3.05, 3.63) is 28.2 Å². The molecule has 1 heterocycles. The van der Waals surface area contributed by atoms with Crippen molar-refractivity contribution in [1.29, 1.82) is 0 Å². The van der Waals surface area contributed by atoms with Gasteiger partial charge < -0.3 is 4.74 Å². The molecule has 0 aliphatic carbocycles. The molecule has 13 heavy (non-hydrogen) atoms. The highest BCUT2D eigenvalue weighted by atomic mass is 79.9. The maximum absolute atomic E-state index is 5.61. The van der Waals surface area contributed by atoms with Gasteiger partial charge in [0.05, 0.1) is 6.61 Å². The van der Waals surface area contributed by atoms with E-state index in [1.807, 2.05) is 12.1 Å². The predicted octanol–water partition coefficient (Wildman–Crippen LogP) is 3.51. The number of rotatable bonds is 0. The molecule has 0 saturated carbocycles. The molecule has 1 aromatic carbocycles. The van der Waals surface area contributed by atoms with Gasteiger partial charge in [-0.05, 0) is 24.0 Å². The zero-order valence-corrected chi connectivity index (χ0v) is 9.52. The maximum atomic E-state index is 5.61. The number of fused-ring (bicyclic) bond motifs is 1. The van der Waals surface area contributed by atoms with E-state index in [-0.39, 0.29) is 5.41 Å². The Morgan fingerprint density at radius 1 is 1.38 bits per heavy atom. The van der Waals surface area contributed by atoms with E-state index in [4.69, 9.17) is 4.74 Å². The van der Waals surface area contributed by atoms with Crippen molar-refractivity contribution >= 4 is 15.9 Å². The monoisotopic (exact) mass is 240 g/mol. The number of benzene rings is 1. The quantitative estimate of drug-likeness (QED) is 0.675. The lowest BCUT2D eigenvalue weighted by Crippen LogP contribution is -2.26. The second-order valence-electron chi connectivity index (χ2n) is 4.10. The molecule has 1 aliphatic rings. The first kappa shape index (κ1) is 9.07. The molecular formula is C11H13BrO. The molecule has 1 nitrogen and oxygen atoms in total. The van der Waals surface area contributed by atoms with Gasteiger partial charge in [-0.2, -0.15) is 0 Å². The molecule has 2 heteroatoms. The zero-order valence-electron chi connectivity index (χ0n) is 7.93. The molecule has 1 aromatic rings. The minimum absolute atomic E-state index is 0.230. The van der Waals surface area contributed by atoms with Crippen molar-refractivity contribution in [1.82, 2.24) is 0 Å². The summed E-state index contributed by atoms with van der Waals surface area (Å²) in [5.74, 6) is 1.03. The van der Waals surface area contributed by atoms with Crippen LogP contribution in [0.15, 0.2) is 22.7 Å². The van der Waals surface area contributed by atoms with Crippen molar-refractivity contribution in [2.24, 2.45) is 0 Å². The Labute approximate surface area is 87.2 Å². The van der Waals surface area contributed by atoms with Gasteiger partial charge in [0.2, 0.25) is 0 Å². The Kier molecular flexibility index (Phi) is 2.11. The van der Waals surface area contributed by atoms with Gasteiger partial charge in [0.1, 0.15) is 5.75 Å². The van der Waals surface area contributed by atoms with Crippen LogP contribution in [0.2, 0.25) is 0 Å². The van der Waals surface area contributed by atoms with Crippen molar-refractivity contribution in [3.8, 4) is 5.75 Å². The molecule has 0 atom stereocenters. The van der Waals surface area contributed by atoms with Gasteiger partial charge >= 0.3 is 0 Å². The fraction of sp³-hybridized carbons (Fsp3) is 0.455. The summed E-state index contributed by atoms with van der Waals surface area (Å²) in [5, 5.41) is 0. The molecule has 0 N–H and O–H groups in total. The van der Waals surface area contributed by atoms with Crippen LogP contribution in [0.25, 0.3) is 0 Å². The summed E-state index contributed by atoms with van der Waals surface area (Å²) in [4.78, 5) is 0. The largest absolute Gasteiger partial charge is 0.493 e. The molecule has 0 saturated heterocycles. The summed E-state index contributed by atoms with van der Waals surface area (Å²) in [6.07, 6.45) is 1.09. The molecule has 0 radical (unpaired) electrons. The molecule has 1 aliphatic heterocycles. The van der Waals surface area contributed by atoms with Crippen LogP contribution in [0.4, 0.5) is 0 Å². The third kappa shape index (κ3) is 1.48. The minimum atomic E-state index is 0.230. The normalized spacial score (nSPS) is 19.0. The smallest absolute Gasteiger partial charge is 0.124 e. The second-order valence-corrected chi connectivity index (χ2v) is 4.95. The Morgan fingerprint density at radius 2 is 2.15 bits per heavy atom. The molecular weight excluding hydrogens is 228 g/mol. The van der Waals surface area contributed by atoms with E-state index in [1.54, 1.807) is 0 Å². The van der Waals surface area contributed by atoms with E-state index in [0.29, 0.717) is 0 Å². The van der Waals surface area contributed by atoms with Crippen molar-refractivity contribution in [2.75, 3.05) is 6.61 Å². The summed E-state index contributed by atoms with van der Waals surface area (Å²) in [7, 11) is 0. The summed E-state index contributed by atoms with van der Waals surface area (Å²) >= 11 is 3.58. The van der Waals surface area contributed by atoms with Gasteiger partial charge in [0.15, 0.2) is 0 Å². The van der Waals surface area contributed by atoms with E-state index in [9.17, 15) is 0 Å². The molecule has 2 rings (SSSR count). The number of hydrogen-bond acceptors (Lipinski definition) is 1. The topological polar surface area (TPSA) is 9.23 Å². The summed E-state index contributed by atoms with van der Waals surface area (Å²) in [5.41, 5.74) is 1.54. The first-order chi connectivity index (χ1) is 6.11. The number of ether oxygens (including phenoxy) is 1. The molecule has 0 amide bonds. The Morgan fingerprint density at radius 3 is 2.85 bits per heavy atom. The molecule has 0 fully saturated rings. The third-order valence-corrected chi connectivity index (χ3v) is 3.30. The zero-order chi connectivity index (χ0) is 9.47. The summed E-state index contributed by atoms with van der Waals surface area (Å²) in [6.45, 7) is 5.36. The maximum Gasteiger partial charge on any atom is 0.124 e. The van der Waals surface area contributed by atoms with E-state index in [2.05, 4.69) is 35.8 Å². The van der Waals surface area contributed by atoms with Crippen molar-refractivity contribution < 1.29 is 4.74 Å². The van der Waals surface area contributed by atoms with Gasteiger partial charge in [-0.25, -0.2) is 0 Å². The van der Waals surface area contributed by atoms with Crippen LogP contribution in [0.5, 0.6) is 5.75 Å². The van der Waals surface area contributed by atoms with Crippen LogP contribution in [0.1, 0.15) is 25.8 Å². The third-order valence-electron chi connectivity index (χ3n) is 2.64. The molecule has 0 aromatic heterocycles. The average Bonchev–Trinajstić information content (AvgIpc) is 2.02. The standard InChI is InChI=1S/C11H13BrO/c1-11(2)6-7-13-9-5-3-4-8(12)10(9)11/h3-5H,6-7H2,1-2H3. The first-order valence-electron chi connectivity index (χ1n) is 4.53. The molecule has 0 unspecified atom stereocenters. The second kappa shape index (κ2) is 3.02. The summed E-state index contributed by atoms with van der Waals surface area (Å²) in [6, 6.07) is 6.14. The van der Waals surface area contributed by atoms with Gasteiger partial charge in [-0.1, -0.05) is 35.8 Å². The van der Waals surface area contributed by atoms with Gasteiger partial charge in [-0.15, -0.1) is 0 Å². The van der Waals surface area contributed by atoms with Crippen molar-refractivity contribution in [2.45, 2.75) is 25.7 Å². The van der Waals surface area contributed by atoms with E-state index in [1.165, 1.54) is 5.56 Å². The highest BCUT2D eigenvalue weighted by Crippen LogP contribution is 2.42. The minimum Gasteiger partial charge on any atom is -0.493 e. The predicted molar refractivity (Wildman–Crippen MR) is 57.3 cm³/mol. The fourth-order valence-electron chi connectivity index (χ4n) is 1.82. The lowest BCUT2D eigenvalue weighted by atomic mass is 9.80. The van der Waals surface area contributed by atoms with Crippen LogP contribution in [-0.4, -0.2) is 6.61 Å². The summed E-state index contributed by atoms with van der Waals surface area (Å²) < 4.78 is 6.77. The SMILES string of the molecule is CC1(C)CCOc2cccc(Br)c21. The Hall–Kier alpha value is -0.500. The Balaban J connectivity index is 2.61. The highest BCUT2D eigenvalue weighted by molar-refractivity contribution is 9.10. The van der Waals surface area contributed by atoms with E-state index >= 15 is 0 Å². The highest BCUT2D eigenvalue weighted by Gasteiger charge is 2.30. The average molecular weight is 241 g/mol. The van der Waals surface area contributed by atoms with E-state index in [0.717, 1.165) is 23.2 Å². The molecule has 70 valence electrons. The lowest BCUT2D eigenvalue weighted by Gasteiger charge is -2.33. The number of halogens is 1. The molecule has 0 spiro atoms. The van der Waals surface area contributed by atoms with Crippen LogP contribution < -0.4 is 4.74 Å². The van der Waals surface area contributed by atoms with Crippen molar-refractivity contribution in [3.63, 3.8) is 0 Å². The first-order valence-corrected chi connectivity index (χ1v) is 5.32.